The van der Waals surface area contributed by atoms with Crippen molar-refractivity contribution in [2.45, 2.75) is 24.8 Å². The first-order valence-corrected chi connectivity index (χ1v) is 12.0. The SMILES string of the molecule is O=S(=O)(Cc1ccccc1)NC[C@H](c1ccsc1)N1CCc2ccccc2C1. The van der Waals surface area contributed by atoms with Crippen molar-refractivity contribution in [1.82, 2.24) is 9.62 Å². The average Bonchev–Trinajstić information content (AvgIpc) is 3.23. The van der Waals surface area contributed by atoms with E-state index in [4.69, 9.17) is 0 Å². The zero-order valence-corrected chi connectivity index (χ0v) is 17.3. The van der Waals surface area contributed by atoms with E-state index in [-0.39, 0.29) is 11.8 Å². The minimum atomic E-state index is -3.39. The molecular weight excluding hydrogens is 388 g/mol. The van der Waals surface area contributed by atoms with E-state index in [1.165, 1.54) is 16.7 Å². The standard InChI is InChI=1S/C22H24N2O2S2/c25-28(26,17-18-6-2-1-3-7-18)23-14-22(21-11-13-27-16-21)24-12-10-19-8-4-5-9-20(19)15-24/h1-9,11,13,16,22-23H,10,12,14-15,17H2/t22-/m1/s1. The maximum atomic E-state index is 12.6. The van der Waals surface area contributed by atoms with Crippen LogP contribution in [0.3, 0.4) is 0 Å². The van der Waals surface area contributed by atoms with Gasteiger partial charge in [-0.3, -0.25) is 4.90 Å². The molecule has 1 aliphatic rings. The maximum absolute atomic E-state index is 12.6. The second-order valence-corrected chi connectivity index (χ2v) is 9.74. The van der Waals surface area contributed by atoms with Crippen LogP contribution in [-0.2, 0) is 28.7 Å². The van der Waals surface area contributed by atoms with Crippen LogP contribution in [0.5, 0.6) is 0 Å². The molecule has 0 saturated heterocycles. The van der Waals surface area contributed by atoms with Crippen LogP contribution in [0.15, 0.2) is 71.4 Å². The molecule has 1 aromatic heterocycles. The van der Waals surface area contributed by atoms with Crippen LogP contribution < -0.4 is 4.72 Å². The van der Waals surface area contributed by atoms with E-state index < -0.39 is 10.0 Å². The van der Waals surface area contributed by atoms with E-state index in [1.807, 2.05) is 30.3 Å². The average molecular weight is 413 g/mol. The molecule has 6 heteroatoms. The highest BCUT2D eigenvalue weighted by molar-refractivity contribution is 7.88. The number of hydrogen-bond acceptors (Lipinski definition) is 4. The largest absolute Gasteiger partial charge is 0.290 e. The highest BCUT2D eigenvalue weighted by atomic mass is 32.2. The lowest BCUT2D eigenvalue weighted by molar-refractivity contribution is 0.180. The summed E-state index contributed by atoms with van der Waals surface area (Å²) in [4.78, 5) is 2.38. The number of nitrogens with one attached hydrogen (secondary N) is 1. The fourth-order valence-electron chi connectivity index (χ4n) is 3.76. The normalized spacial score (nSPS) is 15.9. The third-order valence-corrected chi connectivity index (χ3v) is 7.25. The molecule has 2 heterocycles. The molecule has 28 heavy (non-hydrogen) atoms. The van der Waals surface area contributed by atoms with E-state index in [0.717, 1.165) is 25.1 Å². The highest BCUT2D eigenvalue weighted by Crippen LogP contribution is 2.29. The predicted molar refractivity (Wildman–Crippen MR) is 115 cm³/mol. The van der Waals surface area contributed by atoms with Gasteiger partial charge in [-0.25, -0.2) is 13.1 Å². The van der Waals surface area contributed by atoms with E-state index >= 15 is 0 Å². The minimum Gasteiger partial charge on any atom is -0.290 e. The Bertz CT molecular complexity index is 1000. The van der Waals surface area contributed by atoms with Crippen LogP contribution >= 0.6 is 11.3 Å². The van der Waals surface area contributed by atoms with Gasteiger partial charge < -0.3 is 0 Å². The fraction of sp³-hybridized carbons (Fsp3) is 0.273. The van der Waals surface area contributed by atoms with Gasteiger partial charge >= 0.3 is 0 Å². The Morgan fingerprint density at radius 1 is 1.00 bits per heavy atom. The summed E-state index contributed by atoms with van der Waals surface area (Å²) in [5.74, 6) is 0.00697. The Morgan fingerprint density at radius 2 is 1.75 bits per heavy atom. The molecule has 4 rings (SSSR count). The zero-order valence-electron chi connectivity index (χ0n) is 15.6. The van der Waals surface area contributed by atoms with Gasteiger partial charge in [0.25, 0.3) is 0 Å². The molecule has 1 aliphatic heterocycles. The summed E-state index contributed by atoms with van der Waals surface area (Å²) in [6, 6.07) is 20.0. The summed E-state index contributed by atoms with van der Waals surface area (Å²) < 4.78 is 28.1. The van der Waals surface area contributed by atoms with Gasteiger partial charge in [0, 0.05) is 25.7 Å². The van der Waals surface area contributed by atoms with Crippen LogP contribution in [0.25, 0.3) is 0 Å². The van der Waals surface area contributed by atoms with Crippen molar-refractivity contribution in [3.8, 4) is 0 Å². The Labute approximate surface area is 170 Å². The van der Waals surface area contributed by atoms with Crippen molar-refractivity contribution in [2.24, 2.45) is 0 Å². The summed E-state index contributed by atoms with van der Waals surface area (Å²) in [7, 11) is -3.39. The van der Waals surface area contributed by atoms with Crippen molar-refractivity contribution in [3.05, 3.63) is 93.7 Å². The maximum Gasteiger partial charge on any atom is 0.215 e. The van der Waals surface area contributed by atoms with Crippen LogP contribution in [0, 0.1) is 0 Å². The zero-order chi connectivity index (χ0) is 19.4. The van der Waals surface area contributed by atoms with Gasteiger partial charge in [-0.15, -0.1) is 0 Å². The monoisotopic (exact) mass is 412 g/mol. The Morgan fingerprint density at radius 3 is 2.50 bits per heavy atom. The number of benzene rings is 2. The van der Waals surface area contributed by atoms with E-state index in [9.17, 15) is 8.42 Å². The quantitative estimate of drug-likeness (QED) is 0.639. The molecule has 0 unspecified atom stereocenters. The molecule has 0 saturated carbocycles. The number of thiophene rings is 1. The van der Waals surface area contributed by atoms with Gasteiger partial charge in [-0.1, -0.05) is 54.6 Å². The summed E-state index contributed by atoms with van der Waals surface area (Å²) in [6.07, 6.45) is 0.994. The summed E-state index contributed by atoms with van der Waals surface area (Å²) in [5, 5.41) is 4.18. The van der Waals surface area contributed by atoms with Crippen LogP contribution in [0.2, 0.25) is 0 Å². The molecule has 0 spiro atoms. The third-order valence-electron chi connectivity index (χ3n) is 5.23. The van der Waals surface area contributed by atoms with Gasteiger partial charge in [-0.2, -0.15) is 11.3 Å². The van der Waals surface area contributed by atoms with Gasteiger partial charge in [0.2, 0.25) is 10.0 Å². The highest BCUT2D eigenvalue weighted by Gasteiger charge is 2.26. The topological polar surface area (TPSA) is 49.4 Å². The molecule has 1 atom stereocenters. The molecule has 0 aliphatic carbocycles. The van der Waals surface area contributed by atoms with Crippen molar-refractivity contribution in [2.75, 3.05) is 13.1 Å². The first-order valence-electron chi connectivity index (χ1n) is 9.45. The lowest BCUT2D eigenvalue weighted by Crippen LogP contribution is -2.40. The lowest BCUT2D eigenvalue weighted by Gasteiger charge is -2.35. The van der Waals surface area contributed by atoms with Crippen LogP contribution in [0.4, 0.5) is 0 Å². The number of fused-ring (bicyclic) bond motifs is 1. The molecular formula is C22H24N2O2S2. The summed E-state index contributed by atoms with van der Waals surface area (Å²) in [5.41, 5.74) is 4.70. The summed E-state index contributed by atoms with van der Waals surface area (Å²) in [6.45, 7) is 2.16. The number of rotatable bonds is 7. The molecule has 2 aromatic carbocycles. The van der Waals surface area contributed by atoms with Gasteiger partial charge in [0.15, 0.2) is 0 Å². The molecule has 0 radical (unpaired) electrons. The Kier molecular flexibility index (Phi) is 5.92. The number of hydrogen-bond donors (Lipinski definition) is 1. The van der Waals surface area contributed by atoms with Crippen molar-refractivity contribution in [3.63, 3.8) is 0 Å². The van der Waals surface area contributed by atoms with Crippen molar-refractivity contribution in [1.29, 1.82) is 0 Å². The Hall–Kier alpha value is -1.99. The first kappa shape index (κ1) is 19.3. The van der Waals surface area contributed by atoms with Crippen molar-refractivity contribution >= 4 is 21.4 Å². The second-order valence-electron chi connectivity index (χ2n) is 7.15. The molecule has 0 fully saturated rings. The molecule has 0 amide bonds. The smallest absolute Gasteiger partial charge is 0.215 e. The molecule has 3 aromatic rings. The van der Waals surface area contributed by atoms with Crippen LogP contribution in [-0.4, -0.2) is 26.4 Å². The van der Waals surface area contributed by atoms with Gasteiger partial charge in [-0.05, 0) is 45.5 Å². The molecule has 4 nitrogen and oxygen atoms in total. The fourth-order valence-corrected chi connectivity index (χ4v) is 5.61. The lowest BCUT2D eigenvalue weighted by atomic mass is 9.97. The molecule has 1 N–H and O–H groups in total. The Balaban J connectivity index is 1.49. The minimum absolute atomic E-state index is 0.00697. The third kappa shape index (κ3) is 4.70. The van der Waals surface area contributed by atoms with E-state index in [1.54, 1.807) is 11.3 Å². The van der Waals surface area contributed by atoms with Gasteiger partial charge in [0.1, 0.15) is 0 Å². The first-order chi connectivity index (χ1) is 13.6. The van der Waals surface area contributed by atoms with Crippen molar-refractivity contribution < 1.29 is 8.42 Å². The summed E-state index contributed by atoms with van der Waals surface area (Å²) >= 11 is 1.65. The van der Waals surface area contributed by atoms with Crippen LogP contribution in [0.1, 0.15) is 28.3 Å². The number of nitrogens with zero attached hydrogens (tertiary/aromatic N) is 1. The molecule has 0 bridgehead atoms. The molecule has 146 valence electrons. The second kappa shape index (κ2) is 8.57. The predicted octanol–water partition coefficient (Wildman–Crippen LogP) is 3.97. The van der Waals surface area contributed by atoms with E-state index in [2.05, 4.69) is 50.7 Å². The van der Waals surface area contributed by atoms with Gasteiger partial charge in [0.05, 0.1) is 5.75 Å². The number of sulfonamides is 1. The van der Waals surface area contributed by atoms with E-state index in [0.29, 0.717) is 6.54 Å².